The summed E-state index contributed by atoms with van der Waals surface area (Å²) in [5, 5.41) is 14.7. The molecular formula is C18H24N6O3. The van der Waals surface area contributed by atoms with Crippen LogP contribution >= 0.6 is 0 Å². The number of rotatable bonds is 4. The summed E-state index contributed by atoms with van der Waals surface area (Å²) in [6.07, 6.45) is -0.138. The number of nitrogens with one attached hydrogen (secondary N) is 1. The Hall–Kier alpha value is -2.94. The van der Waals surface area contributed by atoms with Crippen molar-refractivity contribution in [1.29, 1.82) is 0 Å². The molecule has 0 saturated carbocycles. The van der Waals surface area contributed by atoms with E-state index in [4.69, 9.17) is 10.5 Å². The third kappa shape index (κ3) is 4.08. The fourth-order valence-electron chi connectivity index (χ4n) is 3.21. The molecule has 1 aromatic carbocycles. The summed E-state index contributed by atoms with van der Waals surface area (Å²) in [5.41, 5.74) is 8.72. The van der Waals surface area contributed by atoms with Crippen LogP contribution in [-0.4, -0.2) is 40.2 Å². The van der Waals surface area contributed by atoms with Gasteiger partial charge in [0.1, 0.15) is 0 Å². The molecule has 0 radical (unpaired) electrons. The van der Waals surface area contributed by atoms with Gasteiger partial charge in [0.2, 0.25) is 17.6 Å². The molecule has 0 unspecified atom stereocenters. The van der Waals surface area contributed by atoms with Crippen LogP contribution in [0.4, 0.5) is 29.0 Å². The molecular weight excluding hydrogens is 348 g/mol. The predicted molar refractivity (Wildman–Crippen MR) is 105 cm³/mol. The molecule has 0 spiro atoms. The van der Waals surface area contributed by atoms with Crippen LogP contribution in [0.2, 0.25) is 0 Å². The van der Waals surface area contributed by atoms with Gasteiger partial charge in [0.05, 0.1) is 17.1 Å². The van der Waals surface area contributed by atoms with E-state index >= 15 is 0 Å². The van der Waals surface area contributed by atoms with E-state index < -0.39 is 4.92 Å². The molecule has 3 N–H and O–H groups in total. The van der Waals surface area contributed by atoms with Crippen molar-refractivity contribution in [2.45, 2.75) is 39.9 Å². The second kappa shape index (κ2) is 7.36. The number of aromatic nitrogens is 2. The number of morpholine rings is 1. The van der Waals surface area contributed by atoms with E-state index in [0.717, 1.165) is 11.3 Å². The van der Waals surface area contributed by atoms with E-state index in [1.807, 2.05) is 50.8 Å². The number of benzene rings is 1. The highest BCUT2D eigenvalue weighted by Gasteiger charge is 2.32. The highest BCUT2D eigenvalue weighted by atomic mass is 16.6. The predicted octanol–water partition coefficient (Wildman–Crippen LogP) is 2.94. The maximum atomic E-state index is 11.6. The minimum Gasteiger partial charge on any atom is -0.378 e. The molecule has 1 aromatic heterocycles. The van der Waals surface area contributed by atoms with Crippen molar-refractivity contribution >= 4 is 29.0 Å². The molecule has 0 aliphatic carbocycles. The zero-order valence-corrected chi connectivity index (χ0v) is 15.9. The van der Waals surface area contributed by atoms with Gasteiger partial charge in [0.25, 0.3) is 0 Å². The van der Waals surface area contributed by atoms with Crippen molar-refractivity contribution in [3.63, 3.8) is 0 Å². The van der Waals surface area contributed by atoms with Crippen LogP contribution < -0.4 is 16.0 Å². The fraction of sp³-hybridized carbons (Fsp3) is 0.444. The van der Waals surface area contributed by atoms with Crippen LogP contribution in [0.5, 0.6) is 0 Å². The average molecular weight is 372 g/mol. The highest BCUT2D eigenvalue weighted by molar-refractivity contribution is 5.72. The molecule has 9 heteroatoms. The van der Waals surface area contributed by atoms with E-state index in [1.54, 1.807) is 0 Å². The standard InChI is InChI=1S/C18H24N6O3/c1-10-5-6-14(7-11(10)2)20-18-21-16(19)15(24(25)26)17(22-18)23-8-12(3)27-13(4)9-23/h5-7,12-13H,8-9H2,1-4H3,(H3,19,20,21,22)/t12-,13+. The second-order valence-electron chi connectivity index (χ2n) is 6.95. The van der Waals surface area contributed by atoms with Crippen molar-refractivity contribution in [3.05, 3.63) is 39.4 Å². The lowest BCUT2D eigenvalue weighted by Gasteiger charge is -2.35. The van der Waals surface area contributed by atoms with Gasteiger partial charge in [-0.25, -0.2) is 0 Å². The summed E-state index contributed by atoms with van der Waals surface area (Å²) in [4.78, 5) is 21.4. The molecule has 27 heavy (non-hydrogen) atoms. The molecule has 9 nitrogen and oxygen atoms in total. The molecule has 144 valence electrons. The first kappa shape index (κ1) is 18.8. The highest BCUT2D eigenvalue weighted by Crippen LogP contribution is 2.34. The van der Waals surface area contributed by atoms with E-state index in [-0.39, 0.29) is 35.5 Å². The Bertz CT molecular complexity index is 862. The van der Waals surface area contributed by atoms with Crippen molar-refractivity contribution < 1.29 is 9.66 Å². The minimum atomic E-state index is -0.532. The van der Waals surface area contributed by atoms with Gasteiger partial charge in [-0.1, -0.05) is 6.07 Å². The molecule has 2 atom stereocenters. The topological polar surface area (TPSA) is 119 Å². The number of hydrogen-bond donors (Lipinski definition) is 2. The Morgan fingerprint density at radius 2 is 1.89 bits per heavy atom. The van der Waals surface area contributed by atoms with Gasteiger partial charge in [0, 0.05) is 18.8 Å². The van der Waals surface area contributed by atoms with Crippen molar-refractivity contribution in [2.24, 2.45) is 0 Å². The summed E-state index contributed by atoms with van der Waals surface area (Å²) in [6, 6.07) is 5.86. The summed E-state index contributed by atoms with van der Waals surface area (Å²) >= 11 is 0. The number of ether oxygens (including phenoxy) is 1. The number of nitrogens with zero attached hydrogens (tertiary/aromatic N) is 4. The molecule has 0 bridgehead atoms. The van der Waals surface area contributed by atoms with E-state index in [2.05, 4.69) is 15.3 Å². The van der Waals surface area contributed by atoms with Gasteiger partial charge in [-0.05, 0) is 51.0 Å². The van der Waals surface area contributed by atoms with E-state index in [0.29, 0.717) is 13.1 Å². The van der Waals surface area contributed by atoms with Crippen molar-refractivity contribution in [3.8, 4) is 0 Å². The first-order chi connectivity index (χ1) is 12.7. The Labute approximate surface area is 157 Å². The van der Waals surface area contributed by atoms with Gasteiger partial charge < -0.3 is 20.7 Å². The van der Waals surface area contributed by atoms with Crippen LogP contribution in [0.25, 0.3) is 0 Å². The first-order valence-corrected chi connectivity index (χ1v) is 8.81. The third-order valence-corrected chi connectivity index (χ3v) is 4.56. The summed E-state index contributed by atoms with van der Waals surface area (Å²) in [6.45, 7) is 8.86. The SMILES string of the molecule is Cc1ccc(Nc2nc(N)c([N+](=O)[O-])c(N3C[C@@H](C)O[C@@H](C)C3)n2)cc1C. The lowest BCUT2D eigenvalue weighted by atomic mass is 10.1. The summed E-state index contributed by atoms with van der Waals surface area (Å²) in [5.74, 6) is 0.270. The van der Waals surface area contributed by atoms with Crippen LogP contribution in [-0.2, 0) is 4.74 Å². The van der Waals surface area contributed by atoms with Gasteiger partial charge >= 0.3 is 5.69 Å². The zero-order valence-electron chi connectivity index (χ0n) is 15.9. The number of hydrogen-bond acceptors (Lipinski definition) is 8. The normalized spacial score (nSPS) is 19.8. The summed E-state index contributed by atoms with van der Waals surface area (Å²) in [7, 11) is 0. The quantitative estimate of drug-likeness (QED) is 0.621. The van der Waals surface area contributed by atoms with Crippen LogP contribution in [0.15, 0.2) is 18.2 Å². The van der Waals surface area contributed by atoms with Gasteiger partial charge in [-0.3, -0.25) is 10.1 Å². The van der Waals surface area contributed by atoms with Gasteiger partial charge in [-0.2, -0.15) is 9.97 Å². The van der Waals surface area contributed by atoms with E-state index in [1.165, 1.54) is 5.56 Å². The largest absolute Gasteiger partial charge is 0.378 e. The number of anilines is 4. The smallest absolute Gasteiger partial charge is 0.353 e. The molecule has 2 aromatic rings. The maximum Gasteiger partial charge on any atom is 0.353 e. The second-order valence-corrected chi connectivity index (χ2v) is 6.95. The molecule has 0 amide bonds. The van der Waals surface area contributed by atoms with Crippen LogP contribution in [0, 0.1) is 24.0 Å². The maximum absolute atomic E-state index is 11.6. The number of nitro groups is 1. The lowest BCUT2D eigenvalue weighted by molar-refractivity contribution is -0.383. The lowest BCUT2D eigenvalue weighted by Crippen LogP contribution is -2.46. The fourth-order valence-corrected chi connectivity index (χ4v) is 3.21. The van der Waals surface area contributed by atoms with E-state index in [9.17, 15) is 10.1 Å². The molecule has 1 aliphatic heterocycles. The average Bonchev–Trinajstić information content (AvgIpc) is 2.56. The van der Waals surface area contributed by atoms with Gasteiger partial charge in [-0.15, -0.1) is 0 Å². The first-order valence-electron chi connectivity index (χ1n) is 8.81. The zero-order chi connectivity index (χ0) is 19.7. The Morgan fingerprint density at radius 1 is 1.22 bits per heavy atom. The monoisotopic (exact) mass is 372 g/mol. The molecule has 3 rings (SSSR count). The molecule has 2 heterocycles. The summed E-state index contributed by atoms with van der Waals surface area (Å²) < 4.78 is 5.72. The van der Waals surface area contributed by atoms with Crippen LogP contribution in [0.1, 0.15) is 25.0 Å². The number of nitrogens with two attached hydrogens (primary N) is 1. The molecule has 1 aliphatic rings. The third-order valence-electron chi connectivity index (χ3n) is 4.56. The van der Waals surface area contributed by atoms with Crippen LogP contribution in [0.3, 0.4) is 0 Å². The minimum absolute atomic E-state index is 0.0688. The number of nitrogen functional groups attached to an aromatic ring is 1. The number of aryl methyl sites for hydroxylation is 2. The molecule has 1 saturated heterocycles. The van der Waals surface area contributed by atoms with Crippen molar-refractivity contribution in [1.82, 2.24) is 9.97 Å². The molecule has 1 fully saturated rings. The van der Waals surface area contributed by atoms with Crippen molar-refractivity contribution in [2.75, 3.05) is 29.0 Å². The van der Waals surface area contributed by atoms with Gasteiger partial charge in [0.15, 0.2) is 0 Å². The Balaban J connectivity index is 2.00. The Morgan fingerprint density at radius 3 is 2.48 bits per heavy atom. The Kier molecular flexibility index (Phi) is 5.13.